The van der Waals surface area contributed by atoms with Crippen molar-refractivity contribution < 1.29 is 18.7 Å². The number of nitrogens with zero attached hydrogens (tertiary/aromatic N) is 1. The van der Waals surface area contributed by atoms with Crippen molar-refractivity contribution in [2.45, 2.75) is 19.1 Å². The van der Waals surface area contributed by atoms with E-state index in [4.69, 9.17) is 16.3 Å². The maximum atomic E-state index is 13.8. The molecule has 6 heteroatoms. The Morgan fingerprint density at radius 2 is 2.40 bits per heavy atom. The molecule has 0 bridgehead atoms. The molecule has 0 N–H and O–H groups in total. The molecule has 1 heterocycles. The van der Waals surface area contributed by atoms with Gasteiger partial charge in [0.2, 0.25) is 0 Å². The molecule has 0 amide bonds. The molecule has 4 nitrogen and oxygen atoms in total. The highest BCUT2D eigenvalue weighted by molar-refractivity contribution is 6.31. The molecule has 110 valence electrons. The van der Waals surface area contributed by atoms with Crippen LogP contribution in [0.15, 0.2) is 18.2 Å². The minimum absolute atomic E-state index is 0.206. The lowest BCUT2D eigenvalue weighted by Crippen LogP contribution is -2.43. The zero-order chi connectivity index (χ0) is 14.5. The van der Waals surface area contributed by atoms with E-state index in [1.807, 2.05) is 4.90 Å². The lowest BCUT2D eigenvalue weighted by Gasteiger charge is -2.32. The second-order valence-corrected chi connectivity index (χ2v) is 5.12. The summed E-state index contributed by atoms with van der Waals surface area (Å²) in [5, 5.41) is 0.418. The van der Waals surface area contributed by atoms with Crippen molar-refractivity contribution >= 4 is 17.6 Å². The zero-order valence-corrected chi connectivity index (χ0v) is 12.0. The average molecular weight is 302 g/mol. The topological polar surface area (TPSA) is 38.8 Å². The number of carbonyl (C=O) groups is 1. The molecule has 1 saturated heterocycles. The molecule has 20 heavy (non-hydrogen) atoms. The van der Waals surface area contributed by atoms with E-state index in [2.05, 4.69) is 4.74 Å². The first-order valence-corrected chi connectivity index (χ1v) is 6.81. The minimum Gasteiger partial charge on any atom is -0.469 e. The van der Waals surface area contributed by atoms with Gasteiger partial charge in [0.05, 0.1) is 26.2 Å². The third kappa shape index (κ3) is 3.91. The third-order valence-electron chi connectivity index (χ3n) is 3.29. The molecular weight excluding hydrogens is 285 g/mol. The second-order valence-electron chi connectivity index (χ2n) is 4.71. The number of morpholine rings is 1. The van der Waals surface area contributed by atoms with Gasteiger partial charge < -0.3 is 9.47 Å². The summed E-state index contributed by atoms with van der Waals surface area (Å²) < 4.78 is 23.9. The summed E-state index contributed by atoms with van der Waals surface area (Å²) in [6.45, 7) is 2.16. The monoisotopic (exact) mass is 301 g/mol. The number of benzene rings is 1. The molecule has 0 saturated carbocycles. The smallest absolute Gasteiger partial charge is 0.308 e. The number of ether oxygens (including phenoxy) is 2. The Bertz CT molecular complexity index is 463. The lowest BCUT2D eigenvalue weighted by atomic mass is 10.1. The molecule has 1 aromatic carbocycles. The summed E-state index contributed by atoms with van der Waals surface area (Å²) in [5.41, 5.74) is 0.480. The summed E-state index contributed by atoms with van der Waals surface area (Å²) in [4.78, 5) is 13.3. The largest absolute Gasteiger partial charge is 0.469 e. The number of methoxy groups -OCH3 is 1. The normalized spacial score (nSPS) is 19.9. The van der Waals surface area contributed by atoms with Crippen LogP contribution in [-0.2, 0) is 20.8 Å². The molecule has 1 aromatic rings. The lowest BCUT2D eigenvalue weighted by molar-refractivity contribution is -0.145. The van der Waals surface area contributed by atoms with Crippen LogP contribution in [0.3, 0.4) is 0 Å². The molecule has 0 spiro atoms. The van der Waals surface area contributed by atoms with E-state index >= 15 is 0 Å². The summed E-state index contributed by atoms with van der Waals surface area (Å²) in [5.74, 6) is -0.616. The van der Waals surface area contributed by atoms with Crippen LogP contribution >= 0.6 is 11.6 Å². The van der Waals surface area contributed by atoms with Crippen LogP contribution in [0.2, 0.25) is 5.02 Å². The maximum Gasteiger partial charge on any atom is 0.308 e. The Balaban J connectivity index is 1.97. The summed E-state index contributed by atoms with van der Waals surface area (Å²) in [6.07, 6.45) is -0.0142. The zero-order valence-electron chi connectivity index (χ0n) is 11.3. The highest BCUT2D eigenvalue weighted by Crippen LogP contribution is 2.22. The van der Waals surface area contributed by atoms with Gasteiger partial charge in [0, 0.05) is 30.2 Å². The molecule has 0 aromatic heterocycles. The fourth-order valence-corrected chi connectivity index (χ4v) is 2.45. The van der Waals surface area contributed by atoms with E-state index in [1.54, 1.807) is 12.1 Å². The highest BCUT2D eigenvalue weighted by atomic mass is 35.5. The number of hydrogen-bond donors (Lipinski definition) is 0. The summed E-state index contributed by atoms with van der Waals surface area (Å²) >= 11 is 6.02. The quantitative estimate of drug-likeness (QED) is 0.800. The Morgan fingerprint density at radius 3 is 3.10 bits per heavy atom. The van der Waals surface area contributed by atoms with Gasteiger partial charge in [-0.05, 0) is 12.1 Å². The van der Waals surface area contributed by atoms with Crippen LogP contribution in [0, 0.1) is 5.82 Å². The Morgan fingerprint density at radius 1 is 1.60 bits per heavy atom. The van der Waals surface area contributed by atoms with Crippen molar-refractivity contribution in [3.05, 3.63) is 34.6 Å². The molecular formula is C14H17ClFNO3. The number of rotatable bonds is 4. The van der Waals surface area contributed by atoms with E-state index < -0.39 is 0 Å². The van der Waals surface area contributed by atoms with Gasteiger partial charge in [-0.3, -0.25) is 9.69 Å². The van der Waals surface area contributed by atoms with E-state index in [1.165, 1.54) is 13.2 Å². The minimum atomic E-state index is -0.312. The van der Waals surface area contributed by atoms with Crippen LogP contribution in [-0.4, -0.2) is 43.8 Å². The molecule has 0 aliphatic carbocycles. The molecule has 1 aliphatic heterocycles. The Labute approximate surface area is 122 Å². The van der Waals surface area contributed by atoms with Crippen LogP contribution in [0.5, 0.6) is 0 Å². The molecule has 2 rings (SSSR count). The van der Waals surface area contributed by atoms with Crippen molar-refractivity contribution in [1.82, 2.24) is 4.90 Å². The predicted octanol–water partition coefficient (Wildman–Crippen LogP) is 2.24. The Hall–Kier alpha value is -1.17. The molecule has 1 unspecified atom stereocenters. The summed E-state index contributed by atoms with van der Waals surface area (Å²) in [7, 11) is 1.35. The first-order chi connectivity index (χ1) is 9.60. The third-order valence-corrected chi connectivity index (χ3v) is 3.64. The SMILES string of the molecule is COC(=O)CC1CN(Cc2c(F)cccc2Cl)CCO1. The summed E-state index contributed by atoms with van der Waals surface area (Å²) in [6, 6.07) is 4.65. The van der Waals surface area contributed by atoms with Gasteiger partial charge in [0.25, 0.3) is 0 Å². The van der Waals surface area contributed by atoms with Crippen LogP contribution < -0.4 is 0 Å². The van der Waals surface area contributed by atoms with Crippen LogP contribution in [0.25, 0.3) is 0 Å². The number of hydrogen-bond acceptors (Lipinski definition) is 4. The standard InChI is InChI=1S/C14H17ClFNO3/c1-19-14(18)7-10-8-17(5-6-20-10)9-11-12(15)3-2-4-13(11)16/h2-4,10H,5-9H2,1H3. The average Bonchev–Trinajstić information content (AvgIpc) is 2.43. The van der Waals surface area contributed by atoms with E-state index in [0.717, 1.165) is 0 Å². The van der Waals surface area contributed by atoms with Gasteiger partial charge in [-0.15, -0.1) is 0 Å². The van der Waals surface area contributed by atoms with Crippen molar-refractivity contribution in [3.8, 4) is 0 Å². The molecule has 0 radical (unpaired) electrons. The van der Waals surface area contributed by atoms with Crippen molar-refractivity contribution in [1.29, 1.82) is 0 Å². The van der Waals surface area contributed by atoms with E-state index in [9.17, 15) is 9.18 Å². The van der Waals surface area contributed by atoms with Gasteiger partial charge in [0.15, 0.2) is 0 Å². The number of carbonyl (C=O) groups excluding carboxylic acids is 1. The second kappa shape index (κ2) is 7.02. The van der Waals surface area contributed by atoms with Crippen molar-refractivity contribution in [2.75, 3.05) is 26.8 Å². The first-order valence-electron chi connectivity index (χ1n) is 6.44. The molecule has 1 fully saturated rings. The fraction of sp³-hybridized carbons (Fsp3) is 0.500. The van der Waals surface area contributed by atoms with Crippen LogP contribution in [0.4, 0.5) is 4.39 Å². The van der Waals surface area contributed by atoms with E-state index in [-0.39, 0.29) is 24.3 Å². The Kier molecular flexibility index (Phi) is 5.34. The number of halogens is 2. The molecule has 1 atom stereocenters. The van der Waals surface area contributed by atoms with Crippen LogP contribution in [0.1, 0.15) is 12.0 Å². The van der Waals surface area contributed by atoms with Gasteiger partial charge >= 0.3 is 5.97 Å². The van der Waals surface area contributed by atoms with Crippen molar-refractivity contribution in [2.24, 2.45) is 0 Å². The van der Waals surface area contributed by atoms with Gasteiger partial charge in [-0.2, -0.15) is 0 Å². The fourth-order valence-electron chi connectivity index (χ4n) is 2.22. The number of esters is 1. The molecule has 1 aliphatic rings. The van der Waals surface area contributed by atoms with Gasteiger partial charge in [0.1, 0.15) is 5.82 Å². The van der Waals surface area contributed by atoms with Crippen molar-refractivity contribution in [3.63, 3.8) is 0 Å². The van der Waals surface area contributed by atoms with Gasteiger partial charge in [-0.1, -0.05) is 17.7 Å². The first kappa shape index (κ1) is 15.2. The van der Waals surface area contributed by atoms with Gasteiger partial charge in [-0.25, -0.2) is 4.39 Å². The maximum absolute atomic E-state index is 13.8. The van der Waals surface area contributed by atoms with E-state index in [0.29, 0.717) is 36.8 Å². The highest BCUT2D eigenvalue weighted by Gasteiger charge is 2.24. The predicted molar refractivity (Wildman–Crippen MR) is 73.1 cm³/mol.